The summed E-state index contributed by atoms with van der Waals surface area (Å²) in [5.74, 6) is 0.472. The van der Waals surface area contributed by atoms with E-state index >= 15 is 0 Å². The van der Waals surface area contributed by atoms with Crippen LogP contribution in [0.15, 0.2) is 26.9 Å². The van der Waals surface area contributed by atoms with Gasteiger partial charge >= 0.3 is 0 Å². The van der Waals surface area contributed by atoms with Gasteiger partial charge in [-0.3, -0.25) is 0 Å². The molecule has 0 bridgehead atoms. The molecule has 2 aromatic heterocycles. The summed E-state index contributed by atoms with van der Waals surface area (Å²) in [7, 11) is 0. The molecule has 15 heavy (non-hydrogen) atoms. The van der Waals surface area contributed by atoms with Crippen molar-refractivity contribution in [2.75, 3.05) is 0 Å². The van der Waals surface area contributed by atoms with Gasteiger partial charge in [-0.15, -0.1) is 15.3 Å². The van der Waals surface area contributed by atoms with E-state index in [9.17, 15) is 0 Å². The van der Waals surface area contributed by atoms with Crippen LogP contribution in [0.5, 0.6) is 0 Å². The predicted molar refractivity (Wildman–Crippen MR) is 49.9 cm³/mol. The normalized spacial score (nSPS) is 9.87. The van der Waals surface area contributed by atoms with Gasteiger partial charge < -0.3 is 4.42 Å². The first-order valence-electron chi connectivity index (χ1n) is 3.99. The molecular formula is C8H5N5OS. The molecule has 0 unspecified atom stereocenters. The summed E-state index contributed by atoms with van der Waals surface area (Å²) >= 11 is 1.12. The van der Waals surface area contributed by atoms with Crippen molar-refractivity contribution in [1.82, 2.24) is 20.4 Å². The van der Waals surface area contributed by atoms with Crippen LogP contribution in [0.25, 0.3) is 0 Å². The Labute approximate surface area is 89.3 Å². The van der Waals surface area contributed by atoms with Crippen molar-refractivity contribution in [3.8, 4) is 6.07 Å². The molecular weight excluding hydrogens is 214 g/mol. The molecule has 0 saturated carbocycles. The fraction of sp³-hybridized carbons (Fsp3) is 0.125. The molecule has 0 aliphatic rings. The fourth-order valence-electron chi connectivity index (χ4n) is 0.882. The van der Waals surface area contributed by atoms with Crippen molar-refractivity contribution in [3.63, 3.8) is 0 Å². The van der Waals surface area contributed by atoms with Crippen molar-refractivity contribution >= 4 is 11.8 Å². The van der Waals surface area contributed by atoms with Gasteiger partial charge in [0.15, 0.2) is 0 Å². The van der Waals surface area contributed by atoms with Gasteiger partial charge in [0, 0.05) is 6.92 Å². The standard InChI is InChI=1S/C8H5N5OS/c1-5-11-13-8(14-5)15-7-6(4-9)2-3-10-12-7/h2-3H,1H3. The summed E-state index contributed by atoms with van der Waals surface area (Å²) in [6.07, 6.45) is 1.46. The third kappa shape index (κ3) is 2.11. The molecule has 0 aliphatic heterocycles. The van der Waals surface area contributed by atoms with Crippen LogP contribution in [0.1, 0.15) is 11.5 Å². The topological polar surface area (TPSA) is 88.5 Å². The molecule has 0 saturated heterocycles. The van der Waals surface area contributed by atoms with Gasteiger partial charge in [0.2, 0.25) is 5.89 Å². The molecule has 74 valence electrons. The Kier molecular flexibility index (Phi) is 2.60. The monoisotopic (exact) mass is 219 g/mol. The maximum Gasteiger partial charge on any atom is 0.283 e. The van der Waals surface area contributed by atoms with Gasteiger partial charge in [0.05, 0.1) is 11.8 Å². The number of nitrogens with zero attached hydrogens (tertiary/aromatic N) is 5. The first kappa shape index (κ1) is 9.61. The summed E-state index contributed by atoms with van der Waals surface area (Å²) < 4.78 is 5.15. The second-order valence-electron chi connectivity index (χ2n) is 2.55. The highest BCUT2D eigenvalue weighted by atomic mass is 32.2. The lowest BCUT2D eigenvalue weighted by atomic mass is 10.3. The van der Waals surface area contributed by atoms with Crippen LogP contribution in [0.3, 0.4) is 0 Å². The van der Waals surface area contributed by atoms with E-state index < -0.39 is 0 Å². The summed E-state index contributed by atoms with van der Waals surface area (Å²) in [4.78, 5) is 0. The molecule has 0 aliphatic carbocycles. The summed E-state index contributed by atoms with van der Waals surface area (Å²) in [6.45, 7) is 1.69. The SMILES string of the molecule is Cc1nnc(Sc2nnccc2C#N)o1. The van der Waals surface area contributed by atoms with Crippen LogP contribution in [-0.4, -0.2) is 20.4 Å². The zero-order chi connectivity index (χ0) is 10.7. The second kappa shape index (κ2) is 4.06. The van der Waals surface area contributed by atoms with Crippen molar-refractivity contribution in [2.45, 2.75) is 17.2 Å². The zero-order valence-corrected chi connectivity index (χ0v) is 8.52. The van der Waals surface area contributed by atoms with Crippen LogP contribution < -0.4 is 0 Å². The van der Waals surface area contributed by atoms with E-state index in [-0.39, 0.29) is 0 Å². The van der Waals surface area contributed by atoms with E-state index in [1.807, 2.05) is 6.07 Å². The Bertz CT molecular complexity index is 518. The van der Waals surface area contributed by atoms with Crippen molar-refractivity contribution in [3.05, 3.63) is 23.7 Å². The lowest BCUT2D eigenvalue weighted by Gasteiger charge is -1.95. The molecule has 2 rings (SSSR count). The minimum absolute atomic E-state index is 0.351. The van der Waals surface area contributed by atoms with Crippen molar-refractivity contribution < 1.29 is 4.42 Å². The first-order chi connectivity index (χ1) is 7.29. The molecule has 0 radical (unpaired) electrons. The molecule has 0 amide bonds. The Morgan fingerprint density at radius 3 is 2.93 bits per heavy atom. The number of rotatable bonds is 2. The lowest BCUT2D eigenvalue weighted by Crippen LogP contribution is -1.88. The van der Waals surface area contributed by atoms with Gasteiger partial charge in [0.1, 0.15) is 11.1 Å². The van der Waals surface area contributed by atoms with Crippen LogP contribution in [-0.2, 0) is 0 Å². The number of aryl methyl sites for hydroxylation is 1. The Morgan fingerprint density at radius 1 is 1.40 bits per heavy atom. The Hall–Kier alpha value is -1.94. The van der Waals surface area contributed by atoms with E-state index in [0.29, 0.717) is 21.7 Å². The van der Waals surface area contributed by atoms with Crippen LogP contribution >= 0.6 is 11.8 Å². The smallest absolute Gasteiger partial charge is 0.283 e. The van der Waals surface area contributed by atoms with Crippen molar-refractivity contribution in [1.29, 1.82) is 5.26 Å². The molecule has 0 spiro atoms. The predicted octanol–water partition coefficient (Wildman–Crippen LogP) is 1.19. The average Bonchev–Trinajstić information content (AvgIpc) is 2.65. The average molecular weight is 219 g/mol. The van der Waals surface area contributed by atoms with E-state index in [0.717, 1.165) is 11.8 Å². The number of hydrogen-bond donors (Lipinski definition) is 0. The zero-order valence-electron chi connectivity index (χ0n) is 7.71. The third-order valence-electron chi connectivity index (χ3n) is 1.50. The van der Waals surface area contributed by atoms with Gasteiger partial charge in [0.25, 0.3) is 5.22 Å². The van der Waals surface area contributed by atoms with Crippen LogP contribution in [0.2, 0.25) is 0 Å². The Morgan fingerprint density at radius 2 is 2.27 bits per heavy atom. The van der Waals surface area contributed by atoms with Gasteiger partial charge in [-0.25, -0.2) is 0 Å². The first-order valence-corrected chi connectivity index (χ1v) is 4.81. The molecule has 2 aromatic rings. The number of aromatic nitrogens is 4. The van der Waals surface area contributed by atoms with Gasteiger partial charge in [-0.2, -0.15) is 10.4 Å². The van der Waals surface area contributed by atoms with E-state index in [4.69, 9.17) is 9.68 Å². The molecule has 2 heterocycles. The quantitative estimate of drug-likeness (QED) is 0.749. The maximum atomic E-state index is 8.80. The summed E-state index contributed by atoms with van der Waals surface area (Å²) in [5, 5.41) is 24.6. The van der Waals surface area contributed by atoms with E-state index in [1.54, 1.807) is 13.0 Å². The number of nitriles is 1. The molecule has 0 atom stereocenters. The molecule has 0 N–H and O–H groups in total. The fourth-order valence-corrected chi connectivity index (χ4v) is 1.60. The molecule has 0 fully saturated rings. The highest BCUT2D eigenvalue weighted by Crippen LogP contribution is 2.26. The van der Waals surface area contributed by atoms with Crippen LogP contribution in [0.4, 0.5) is 0 Å². The van der Waals surface area contributed by atoms with E-state index in [2.05, 4.69) is 20.4 Å². The summed E-state index contributed by atoms with van der Waals surface area (Å²) in [5.41, 5.74) is 0.436. The highest BCUT2D eigenvalue weighted by molar-refractivity contribution is 7.99. The Balaban J connectivity index is 2.28. The maximum absolute atomic E-state index is 8.80. The second-order valence-corrected chi connectivity index (χ2v) is 3.49. The highest BCUT2D eigenvalue weighted by Gasteiger charge is 2.10. The minimum atomic E-state index is 0.351. The number of hydrogen-bond acceptors (Lipinski definition) is 7. The van der Waals surface area contributed by atoms with Gasteiger partial charge in [-0.1, -0.05) is 0 Å². The van der Waals surface area contributed by atoms with E-state index in [1.165, 1.54) is 6.20 Å². The third-order valence-corrected chi connectivity index (χ3v) is 2.33. The van der Waals surface area contributed by atoms with Crippen LogP contribution in [0, 0.1) is 18.3 Å². The molecule has 6 nitrogen and oxygen atoms in total. The largest absolute Gasteiger partial charge is 0.416 e. The summed E-state index contributed by atoms with van der Waals surface area (Å²) in [6, 6.07) is 3.59. The molecule has 0 aromatic carbocycles. The minimum Gasteiger partial charge on any atom is -0.416 e. The van der Waals surface area contributed by atoms with Crippen molar-refractivity contribution in [2.24, 2.45) is 0 Å². The lowest BCUT2D eigenvalue weighted by molar-refractivity contribution is 0.429. The van der Waals surface area contributed by atoms with Gasteiger partial charge in [-0.05, 0) is 17.8 Å². The molecule has 7 heteroatoms.